The lowest BCUT2D eigenvalue weighted by molar-refractivity contribution is -0.123. The molecule has 3 aromatic carbocycles. The van der Waals surface area contributed by atoms with E-state index in [2.05, 4.69) is 16.0 Å². The third-order valence-electron chi connectivity index (χ3n) is 6.21. The molecule has 0 saturated carbocycles. The Kier molecular flexibility index (Phi) is 9.44. The van der Waals surface area contributed by atoms with Crippen LogP contribution in [0.1, 0.15) is 36.2 Å². The first kappa shape index (κ1) is 26.6. The quantitative estimate of drug-likeness (QED) is 0.211. The van der Waals surface area contributed by atoms with Crippen LogP contribution in [0, 0.1) is 13.8 Å². The Balaban J connectivity index is 1.24. The van der Waals surface area contributed by atoms with E-state index in [-0.39, 0.29) is 12.5 Å². The summed E-state index contributed by atoms with van der Waals surface area (Å²) in [6.45, 7) is 6.04. The van der Waals surface area contributed by atoms with Crippen molar-refractivity contribution in [1.29, 1.82) is 0 Å². The number of aromatic nitrogens is 2. The average Bonchev–Trinajstić information content (AvgIpc) is 3.25. The number of benzene rings is 3. The third-order valence-corrected chi connectivity index (χ3v) is 6.52. The van der Waals surface area contributed by atoms with Gasteiger partial charge in [-0.2, -0.15) is 0 Å². The Morgan fingerprint density at radius 3 is 2.62 bits per heavy atom. The topological polar surface area (TPSA) is 65.4 Å². The summed E-state index contributed by atoms with van der Waals surface area (Å²) >= 11 is 6.17. The number of para-hydroxylation sites is 3. The minimum absolute atomic E-state index is 0.0130. The minimum atomic E-state index is -0.118. The molecule has 194 valence electrons. The molecular formula is C30H34ClN3O3. The van der Waals surface area contributed by atoms with Gasteiger partial charge in [-0.05, 0) is 74.6 Å². The van der Waals surface area contributed by atoms with Crippen LogP contribution in [-0.2, 0) is 17.8 Å². The first-order valence-electron chi connectivity index (χ1n) is 12.8. The molecule has 4 rings (SSSR count). The van der Waals surface area contributed by atoms with Crippen molar-refractivity contribution < 1.29 is 14.3 Å². The number of hydrogen-bond acceptors (Lipinski definition) is 4. The van der Waals surface area contributed by atoms with E-state index in [0.717, 1.165) is 71.7 Å². The fourth-order valence-electron chi connectivity index (χ4n) is 4.21. The fraction of sp³-hybridized carbons (Fsp3) is 0.333. The molecule has 0 aliphatic rings. The molecule has 4 aromatic rings. The van der Waals surface area contributed by atoms with E-state index < -0.39 is 0 Å². The number of ether oxygens (including phenoxy) is 2. The zero-order chi connectivity index (χ0) is 26.0. The molecule has 1 aromatic heterocycles. The lowest BCUT2D eigenvalue weighted by Crippen LogP contribution is -2.30. The van der Waals surface area contributed by atoms with Crippen LogP contribution in [0.3, 0.4) is 0 Å². The standard InChI is InChI=1S/C30H34ClN3O3/c1-22-15-16-23(2)28(20-22)37-21-30(35)32-17-9-14-29-33-25-11-4-5-12-26(25)34(29)18-7-8-19-36-27-13-6-3-10-24(27)31/h3-6,10-13,15-16,20H,7-9,14,17-19,21H2,1-2H3,(H,32,35). The number of nitrogens with zero attached hydrogens (tertiary/aromatic N) is 2. The lowest BCUT2D eigenvalue weighted by Gasteiger charge is -2.12. The highest BCUT2D eigenvalue weighted by Crippen LogP contribution is 2.24. The van der Waals surface area contributed by atoms with Gasteiger partial charge in [-0.25, -0.2) is 4.98 Å². The number of carbonyl (C=O) groups is 1. The van der Waals surface area contributed by atoms with Gasteiger partial charge in [0, 0.05) is 19.5 Å². The van der Waals surface area contributed by atoms with Gasteiger partial charge < -0.3 is 19.4 Å². The molecule has 1 N–H and O–H groups in total. The number of amides is 1. The number of nitrogens with one attached hydrogen (secondary N) is 1. The second kappa shape index (κ2) is 13.2. The van der Waals surface area contributed by atoms with E-state index in [0.29, 0.717) is 18.2 Å². The van der Waals surface area contributed by atoms with E-state index in [4.69, 9.17) is 26.1 Å². The molecule has 0 bridgehead atoms. The molecule has 37 heavy (non-hydrogen) atoms. The summed E-state index contributed by atoms with van der Waals surface area (Å²) in [6, 6.07) is 21.7. The maximum absolute atomic E-state index is 12.3. The van der Waals surface area contributed by atoms with Crippen molar-refractivity contribution in [1.82, 2.24) is 14.9 Å². The van der Waals surface area contributed by atoms with Crippen molar-refractivity contribution in [3.05, 3.63) is 88.7 Å². The molecule has 0 radical (unpaired) electrons. The number of fused-ring (bicyclic) bond motifs is 1. The zero-order valence-corrected chi connectivity index (χ0v) is 22.3. The maximum atomic E-state index is 12.3. The SMILES string of the molecule is Cc1ccc(C)c(OCC(=O)NCCCc2nc3ccccc3n2CCCCOc2ccccc2Cl)c1. The first-order valence-corrected chi connectivity index (χ1v) is 13.2. The van der Waals surface area contributed by atoms with Gasteiger partial charge in [0.15, 0.2) is 6.61 Å². The summed E-state index contributed by atoms with van der Waals surface area (Å²) in [7, 11) is 0. The fourth-order valence-corrected chi connectivity index (χ4v) is 4.40. The number of halogens is 1. The molecule has 1 heterocycles. The predicted molar refractivity (Wildman–Crippen MR) is 149 cm³/mol. The highest BCUT2D eigenvalue weighted by Gasteiger charge is 2.11. The smallest absolute Gasteiger partial charge is 0.257 e. The van der Waals surface area contributed by atoms with Crippen molar-refractivity contribution >= 4 is 28.5 Å². The Bertz CT molecular complexity index is 1330. The van der Waals surface area contributed by atoms with Crippen molar-refractivity contribution in [3.8, 4) is 11.5 Å². The summed E-state index contributed by atoms with van der Waals surface area (Å²) in [6.07, 6.45) is 3.45. The van der Waals surface area contributed by atoms with Crippen LogP contribution in [0.25, 0.3) is 11.0 Å². The number of aryl methyl sites for hydroxylation is 4. The lowest BCUT2D eigenvalue weighted by atomic mass is 10.1. The Labute approximate surface area is 223 Å². The van der Waals surface area contributed by atoms with Gasteiger partial charge in [0.2, 0.25) is 0 Å². The van der Waals surface area contributed by atoms with Crippen LogP contribution in [-0.4, -0.2) is 35.2 Å². The van der Waals surface area contributed by atoms with Gasteiger partial charge in [-0.1, -0.05) is 48.0 Å². The largest absolute Gasteiger partial charge is 0.492 e. The monoisotopic (exact) mass is 519 g/mol. The number of imidazole rings is 1. The van der Waals surface area contributed by atoms with Crippen LogP contribution in [0.2, 0.25) is 5.02 Å². The van der Waals surface area contributed by atoms with Gasteiger partial charge in [-0.3, -0.25) is 4.79 Å². The summed E-state index contributed by atoms with van der Waals surface area (Å²) in [5, 5.41) is 3.60. The van der Waals surface area contributed by atoms with Crippen molar-refractivity contribution in [2.45, 2.75) is 46.1 Å². The normalized spacial score (nSPS) is 11.0. The van der Waals surface area contributed by atoms with Crippen LogP contribution >= 0.6 is 11.6 Å². The van der Waals surface area contributed by atoms with Gasteiger partial charge >= 0.3 is 0 Å². The van der Waals surface area contributed by atoms with Crippen LogP contribution in [0.15, 0.2) is 66.7 Å². The summed E-state index contributed by atoms with van der Waals surface area (Å²) in [5.74, 6) is 2.39. The van der Waals surface area contributed by atoms with E-state index in [1.807, 2.05) is 74.5 Å². The van der Waals surface area contributed by atoms with Crippen LogP contribution < -0.4 is 14.8 Å². The number of carbonyl (C=O) groups excluding carboxylic acids is 1. The molecular weight excluding hydrogens is 486 g/mol. The third kappa shape index (κ3) is 7.49. The second-order valence-electron chi connectivity index (χ2n) is 9.17. The minimum Gasteiger partial charge on any atom is -0.492 e. The number of rotatable bonds is 13. The van der Waals surface area contributed by atoms with Crippen molar-refractivity contribution in [3.63, 3.8) is 0 Å². The molecule has 6 nitrogen and oxygen atoms in total. The van der Waals surface area contributed by atoms with Crippen LogP contribution in [0.4, 0.5) is 0 Å². The number of hydrogen-bond donors (Lipinski definition) is 1. The van der Waals surface area contributed by atoms with Crippen LogP contribution in [0.5, 0.6) is 11.5 Å². The summed E-state index contributed by atoms with van der Waals surface area (Å²) in [4.78, 5) is 17.1. The summed E-state index contributed by atoms with van der Waals surface area (Å²) < 4.78 is 13.8. The van der Waals surface area contributed by atoms with E-state index in [1.165, 1.54) is 0 Å². The van der Waals surface area contributed by atoms with Crippen molar-refractivity contribution in [2.75, 3.05) is 19.8 Å². The molecule has 0 fully saturated rings. The Morgan fingerprint density at radius 1 is 0.946 bits per heavy atom. The molecule has 0 aliphatic heterocycles. The van der Waals surface area contributed by atoms with Gasteiger partial charge in [0.25, 0.3) is 5.91 Å². The molecule has 0 atom stereocenters. The van der Waals surface area contributed by atoms with E-state index >= 15 is 0 Å². The van der Waals surface area contributed by atoms with Gasteiger partial charge in [-0.15, -0.1) is 0 Å². The molecule has 1 amide bonds. The van der Waals surface area contributed by atoms with Crippen molar-refractivity contribution in [2.24, 2.45) is 0 Å². The highest BCUT2D eigenvalue weighted by atomic mass is 35.5. The average molecular weight is 520 g/mol. The van der Waals surface area contributed by atoms with E-state index in [1.54, 1.807) is 0 Å². The Hall–Kier alpha value is -3.51. The Morgan fingerprint density at radius 2 is 1.76 bits per heavy atom. The molecule has 0 spiro atoms. The zero-order valence-electron chi connectivity index (χ0n) is 21.5. The first-order chi connectivity index (χ1) is 18.0. The van der Waals surface area contributed by atoms with E-state index in [9.17, 15) is 4.79 Å². The summed E-state index contributed by atoms with van der Waals surface area (Å²) in [5.41, 5.74) is 4.26. The molecule has 0 aliphatic carbocycles. The molecule has 0 saturated heterocycles. The second-order valence-corrected chi connectivity index (χ2v) is 9.57. The van der Waals surface area contributed by atoms with Gasteiger partial charge in [0.1, 0.15) is 17.3 Å². The molecule has 7 heteroatoms. The highest BCUT2D eigenvalue weighted by molar-refractivity contribution is 6.32. The number of unbranched alkanes of at least 4 members (excludes halogenated alkanes) is 1. The maximum Gasteiger partial charge on any atom is 0.257 e. The predicted octanol–water partition coefficient (Wildman–Crippen LogP) is 6.29. The van der Waals surface area contributed by atoms with Gasteiger partial charge in [0.05, 0.1) is 22.7 Å². The molecule has 0 unspecified atom stereocenters.